The minimum absolute atomic E-state index is 0.253. The standard InChI is InChI=1S/C20H28N4O2S/c1-27(25,26)24-11-8-17(9-12-24)23-19-13-18-16(14-22-19)7-10-21-20(18)15-5-3-2-4-6-15/h7,10,13-15,17H,2-6,8-9,11-12H2,1H3,(H,22,23). The van der Waals surface area contributed by atoms with Crippen molar-refractivity contribution < 1.29 is 8.42 Å². The lowest BCUT2D eigenvalue weighted by Crippen LogP contribution is -2.41. The van der Waals surface area contributed by atoms with Gasteiger partial charge in [0.2, 0.25) is 10.0 Å². The maximum Gasteiger partial charge on any atom is 0.211 e. The SMILES string of the molecule is CS(=O)(=O)N1CCC(Nc2cc3c(C4CCCCC4)nccc3cn2)CC1. The quantitative estimate of drug-likeness (QED) is 0.867. The Morgan fingerprint density at radius 3 is 2.52 bits per heavy atom. The number of hydrogen-bond donors (Lipinski definition) is 1. The second-order valence-electron chi connectivity index (χ2n) is 7.90. The molecule has 27 heavy (non-hydrogen) atoms. The van der Waals surface area contributed by atoms with Crippen molar-refractivity contribution in [1.82, 2.24) is 14.3 Å². The summed E-state index contributed by atoms with van der Waals surface area (Å²) in [6.45, 7) is 1.14. The first-order valence-electron chi connectivity index (χ1n) is 9.97. The van der Waals surface area contributed by atoms with E-state index < -0.39 is 10.0 Å². The number of nitrogens with one attached hydrogen (secondary N) is 1. The molecular formula is C20H28N4O2S. The van der Waals surface area contributed by atoms with Crippen molar-refractivity contribution in [2.24, 2.45) is 0 Å². The molecule has 6 nitrogen and oxygen atoms in total. The van der Waals surface area contributed by atoms with Crippen LogP contribution < -0.4 is 5.32 Å². The van der Waals surface area contributed by atoms with E-state index in [0.29, 0.717) is 19.0 Å². The molecule has 7 heteroatoms. The Balaban J connectivity index is 1.51. The van der Waals surface area contributed by atoms with Gasteiger partial charge >= 0.3 is 0 Å². The number of nitrogens with zero attached hydrogens (tertiary/aromatic N) is 3. The van der Waals surface area contributed by atoms with Crippen LogP contribution in [0.2, 0.25) is 0 Å². The van der Waals surface area contributed by atoms with Crippen LogP contribution in [0.5, 0.6) is 0 Å². The highest BCUT2D eigenvalue weighted by atomic mass is 32.2. The zero-order chi connectivity index (χ0) is 18.9. The molecule has 0 radical (unpaired) electrons. The maximum atomic E-state index is 11.7. The summed E-state index contributed by atoms with van der Waals surface area (Å²) < 4.78 is 24.9. The lowest BCUT2D eigenvalue weighted by Gasteiger charge is -2.31. The topological polar surface area (TPSA) is 75.2 Å². The lowest BCUT2D eigenvalue weighted by atomic mass is 9.85. The van der Waals surface area contributed by atoms with Gasteiger partial charge in [0.1, 0.15) is 5.82 Å². The Bertz CT molecular complexity index is 901. The molecule has 146 valence electrons. The number of pyridine rings is 2. The van der Waals surface area contributed by atoms with Gasteiger partial charge in [0.25, 0.3) is 0 Å². The summed E-state index contributed by atoms with van der Waals surface area (Å²) in [6, 6.07) is 4.42. The zero-order valence-corrected chi connectivity index (χ0v) is 16.7. The summed E-state index contributed by atoms with van der Waals surface area (Å²) in [4.78, 5) is 9.31. The van der Waals surface area contributed by atoms with Crippen LogP contribution in [0.3, 0.4) is 0 Å². The summed E-state index contributed by atoms with van der Waals surface area (Å²) in [5.74, 6) is 1.42. The predicted molar refractivity (Wildman–Crippen MR) is 108 cm³/mol. The third-order valence-electron chi connectivity index (χ3n) is 5.95. The fourth-order valence-electron chi connectivity index (χ4n) is 4.41. The molecule has 0 spiro atoms. The average molecular weight is 389 g/mol. The minimum atomic E-state index is -3.09. The third-order valence-corrected chi connectivity index (χ3v) is 7.25. The Hall–Kier alpha value is -1.73. The molecule has 2 fully saturated rings. The van der Waals surface area contributed by atoms with Gasteiger partial charge in [-0.3, -0.25) is 4.98 Å². The molecule has 0 aromatic carbocycles. The van der Waals surface area contributed by atoms with E-state index in [1.807, 2.05) is 18.5 Å². The molecule has 0 bridgehead atoms. The van der Waals surface area contributed by atoms with Crippen LogP contribution in [0.25, 0.3) is 10.8 Å². The number of piperidine rings is 1. The van der Waals surface area contributed by atoms with Gasteiger partial charge in [0.05, 0.1) is 11.9 Å². The monoisotopic (exact) mass is 388 g/mol. The molecule has 4 rings (SSSR count). The van der Waals surface area contributed by atoms with Gasteiger partial charge in [-0.15, -0.1) is 0 Å². The molecular weight excluding hydrogens is 360 g/mol. The van der Waals surface area contributed by atoms with Gasteiger partial charge < -0.3 is 5.32 Å². The lowest BCUT2D eigenvalue weighted by molar-refractivity contribution is 0.331. The summed E-state index contributed by atoms with van der Waals surface area (Å²) in [7, 11) is -3.09. The van der Waals surface area contributed by atoms with Crippen molar-refractivity contribution >= 4 is 26.6 Å². The van der Waals surface area contributed by atoms with E-state index in [9.17, 15) is 8.42 Å². The fraction of sp³-hybridized carbons (Fsp3) is 0.600. The van der Waals surface area contributed by atoms with E-state index in [4.69, 9.17) is 4.98 Å². The highest BCUT2D eigenvalue weighted by Gasteiger charge is 2.25. The van der Waals surface area contributed by atoms with Crippen molar-refractivity contribution in [1.29, 1.82) is 0 Å². The number of aromatic nitrogens is 2. The number of sulfonamides is 1. The minimum Gasteiger partial charge on any atom is -0.367 e. The van der Waals surface area contributed by atoms with Gasteiger partial charge in [-0.1, -0.05) is 19.3 Å². The van der Waals surface area contributed by atoms with E-state index in [1.54, 1.807) is 4.31 Å². The molecule has 2 aromatic heterocycles. The highest BCUT2D eigenvalue weighted by Crippen LogP contribution is 2.35. The molecule has 2 aliphatic rings. The van der Waals surface area contributed by atoms with Crippen molar-refractivity contribution in [3.63, 3.8) is 0 Å². The number of rotatable bonds is 4. The normalized spacial score (nSPS) is 20.8. The maximum absolute atomic E-state index is 11.7. The summed E-state index contributed by atoms with van der Waals surface area (Å²) in [5.41, 5.74) is 1.21. The van der Waals surface area contributed by atoms with Gasteiger partial charge in [-0.25, -0.2) is 17.7 Å². The smallest absolute Gasteiger partial charge is 0.211 e. The predicted octanol–water partition coefficient (Wildman–Crippen LogP) is 3.51. The van der Waals surface area contributed by atoms with Gasteiger partial charge in [-0.2, -0.15) is 0 Å². The molecule has 0 atom stereocenters. The first-order chi connectivity index (χ1) is 13.0. The van der Waals surface area contributed by atoms with Crippen molar-refractivity contribution in [2.45, 2.75) is 56.9 Å². The van der Waals surface area contributed by atoms with E-state index in [1.165, 1.54) is 49.4 Å². The Morgan fingerprint density at radius 2 is 1.81 bits per heavy atom. The second kappa shape index (κ2) is 7.72. The van der Waals surface area contributed by atoms with Crippen molar-refractivity contribution in [3.8, 4) is 0 Å². The third kappa shape index (κ3) is 4.24. The van der Waals surface area contributed by atoms with E-state index >= 15 is 0 Å². The fourth-order valence-corrected chi connectivity index (χ4v) is 5.28. The second-order valence-corrected chi connectivity index (χ2v) is 9.88. The highest BCUT2D eigenvalue weighted by molar-refractivity contribution is 7.88. The molecule has 1 N–H and O–H groups in total. The van der Waals surface area contributed by atoms with Gasteiger partial charge in [0, 0.05) is 48.2 Å². The molecule has 1 aliphatic carbocycles. The summed E-state index contributed by atoms with van der Waals surface area (Å²) in [5, 5.41) is 5.86. The van der Waals surface area contributed by atoms with Crippen LogP contribution in [0.1, 0.15) is 56.6 Å². The molecule has 2 aromatic rings. The van der Waals surface area contributed by atoms with Crippen LogP contribution in [-0.2, 0) is 10.0 Å². The number of hydrogen-bond acceptors (Lipinski definition) is 5. The summed E-state index contributed by atoms with van der Waals surface area (Å²) in [6.07, 6.45) is 13.1. The molecule has 0 amide bonds. The van der Waals surface area contributed by atoms with Crippen LogP contribution in [0, 0.1) is 0 Å². The largest absolute Gasteiger partial charge is 0.367 e. The van der Waals surface area contributed by atoms with Crippen LogP contribution in [-0.4, -0.2) is 48.1 Å². The first-order valence-corrected chi connectivity index (χ1v) is 11.8. The van der Waals surface area contributed by atoms with Crippen LogP contribution in [0.15, 0.2) is 24.5 Å². The Kier molecular flexibility index (Phi) is 5.32. The number of fused-ring (bicyclic) bond motifs is 1. The van der Waals surface area contributed by atoms with E-state index in [2.05, 4.69) is 16.4 Å². The first kappa shape index (κ1) is 18.6. The van der Waals surface area contributed by atoms with E-state index in [0.717, 1.165) is 24.0 Å². The van der Waals surface area contributed by atoms with Crippen LogP contribution in [0.4, 0.5) is 5.82 Å². The molecule has 0 unspecified atom stereocenters. The zero-order valence-electron chi connectivity index (χ0n) is 15.9. The molecule has 3 heterocycles. The van der Waals surface area contributed by atoms with Crippen molar-refractivity contribution in [2.75, 3.05) is 24.7 Å². The molecule has 1 saturated carbocycles. The molecule has 1 aliphatic heterocycles. The van der Waals surface area contributed by atoms with E-state index in [-0.39, 0.29) is 6.04 Å². The van der Waals surface area contributed by atoms with Crippen molar-refractivity contribution in [3.05, 3.63) is 30.2 Å². The van der Waals surface area contributed by atoms with Crippen LogP contribution >= 0.6 is 0 Å². The average Bonchev–Trinajstić information content (AvgIpc) is 2.68. The Morgan fingerprint density at radius 1 is 1.07 bits per heavy atom. The number of anilines is 1. The van der Waals surface area contributed by atoms with Gasteiger partial charge in [-0.05, 0) is 37.8 Å². The van der Waals surface area contributed by atoms with Gasteiger partial charge in [0.15, 0.2) is 0 Å². The summed E-state index contributed by atoms with van der Waals surface area (Å²) >= 11 is 0. The Labute approximate surface area is 161 Å². The molecule has 1 saturated heterocycles.